The van der Waals surface area contributed by atoms with Crippen molar-refractivity contribution in [3.63, 3.8) is 0 Å². The van der Waals surface area contributed by atoms with Crippen molar-refractivity contribution >= 4 is 5.91 Å². The molecule has 0 aliphatic carbocycles. The van der Waals surface area contributed by atoms with Crippen molar-refractivity contribution in [2.24, 2.45) is 0 Å². The van der Waals surface area contributed by atoms with E-state index in [0.29, 0.717) is 5.76 Å². The SMILES string of the molecule is Cc1cc(CNC(=O)c2cc(O)ccc2O)on1. The fourth-order valence-electron chi connectivity index (χ4n) is 1.47. The monoisotopic (exact) mass is 248 g/mol. The van der Waals surface area contributed by atoms with Crippen LogP contribution in [-0.4, -0.2) is 21.3 Å². The van der Waals surface area contributed by atoms with E-state index in [2.05, 4.69) is 10.5 Å². The Hall–Kier alpha value is -2.50. The molecule has 1 heterocycles. The van der Waals surface area contributed by atoms with Crippen LogP contribution in [0.5, 0.6) is 11.5 Å². The maximum absolute atomic E-state index is 11.8. The van der Waals surface area contributed by atoms with Gasteiger partial charge in [-0.2, -0.15) is 0 Å². The number of hydrogen-bond donors (Lipinski definition) is 3. The molecular formula is C12H12N2O4. The lowest BCUT2D eigenvalue weighted by Crippen LogP contribution is -2.22. The Morgan fingerprint density at radius 2 is 2.17 bits per heavy atom. The maximum Gasteiger partial charge on any atom is 0.255 e. The third-order valence-corrected chi connectivity index (χ3v) is 2.32. The zero-order valence-electron chi connectivity index (χ0n) is 9.67. The van der Waals surface area contributed by atoms with Crippen LogP contribution in [0.25, 0.3) is 0 Å². The summed E-state index contributed by atoms with van der Waals surface area (Å²) >= 11 is 0. The summed E-state index contributed by atoms with van der Waals surface area (Å²) in [5, 5.41) is 25.0. The Bertz CT molecular complexity index is 577. The van der Waals surface area contributed by atoms with Crippen LogP contribution in [0, 0.1) is 6.92 Å². The molecule has 3 N–H and O–H groups in total. The van der Waals surface area contributed by atoms with E-state index in [1.807, 2.05) is 0 Å². The molecule has 1 aromatic carbocycles. The van der Waals surface area contributed by atoms with Crippen molar-refractivity contribution in [1.29, 1.82) is 0 Å². The second kappa shape index (κ2) is 4.79. The number of phenolic OH excluding ortho intramolecular Hbond substituents is 2. The molecular weight excluding hydrogens is 236 g/mol. The molecule has 94 valence electrons. The molecule has 0 saturated heterocycles. The molecule has 0 aliphatic heterocycles. The summed E-state index contributed by atoms with van der Waals surface area (Å²) in [5.41, 5.74) is 0.727. The zero-order valence-corrected chi connectivity index (χ0v) is 9.67. The predicted molar refractivity (Wildman–Crippen MR) is 62.2 cm³/mol. The van der Waals surface area contributed by atoms with Crippen molar-refractivity contribution in [2.45, 2.75) is 13.5 Å². The molecule has 1 aromatic heterocycles. The summed E-state index contributed by atoms with van der Waals surface area (Å²) < 4.78 is 4.93. The number of nitrogens with one attached hydrogen (secondary N) is 1. The molecule has 1 amide bonds. The second-order valence-electron chi connectivity index (χ2n) is 3.82. The minimum Gasteiger partial charge on any atom is -0.508 e. The molecule has 6 nitrogen and oxygen atoms in total. The number of rotatable bonds is 3. The van der Waals surface area contributed by atoms with Crippen LogP contribution in [0.4, 0.5) is 0 Å². The molecule has 0 unspecified atom stereocenters. The van der Waals surface area contributed by atoms with E-state index >= 15 is 0 Å². The average molecular weight is 248 g/mol. The van der Waals surface area contributed by atoms with Gasteiger partial charge in [-0.05, 0) is 25.1 Å². The van der Waals surface area contributed by atoms with Gasteiger partial charge in [-0.3, -0.25) is 4.79 Å². The van der Waals surface area contributed by atoms with E-state index < -0.39 is 5.91 Å². The van der Waals surface area contributed by atoms with Gasteiger partial charge in [0.2, 0.25) is 0 Å². The fraction of sp³-hybridized carbons (Fsp3) is 0.167. The molecule has 6 heteroatoms. The van der Waals surface area contributed by atoms with Crippen LogP contribution in [-0.2, 0) is 6.54 Å². The lowest BCUT2D eigenvalue weighted by Gasteiger charge is -2.05. The highest BCUT2D eigenvalue weighted by molar-refractivity contribution is 5.97. The molecule has 0 atom stereocenters. The summed E-state index contributed by atoms with van der Waals surface area (Å²) in [6, 6.07) is 5.44. The Morgan fingerprint density at radius 1 is 1.39 bits per heavy atom. The van der Waals surface area contributed by atoms with Crippen LogP contribution >= 0.6 is 0 Å². The van der Waals surface area contributed by atoms with Crippen LogP contribution in [0.2, 0.25) is 0 Å². The summed E-state index contributed by atoms with van der Waals surface area (Å²) in [7, 11) is 0. The molecule has 18 heavy (non-hydrogen) atoms. The quantitative estimate of drug-likeness (QED) is 0.712. The smallest absolute Gasteiger partial charge is 0.255 e. The third kappa shape index (κ3) is 2.60. The molecule has 0 bridgehead atoms. The fourth-order valence-corrected chi connectivity index (χ4v) is 1.47. The lowest BCUT2D eigenvalue weighted by molar-refractivity contribution is 0.0944. The van der Waals surface area contributed by atoms with E-state index in [9.17, 15) is 15.0 Å². The number of aromatic nitrogens is 1. The number of hydrogen-bond acceptors (Lipinski definition) is 5. The first kappa shape index (κ1) is 12.0. The Balaban J connectivity index is 2.05. The number of nitrogens with zero attached hydrogens (tertiary/aromatic N) is 1. The normalized spacial score (nSPS) is 10.3. The topological polar surface area (TPSA) is 95.6 Å². The van der Waals surface area contributed by atoms with Gasteiger partial charge in [-0.1, -0.05) is 5.16 Å². The maximum atomic E-state index is 11.8. The Kier molecular flexibility index (Phi) is 3.18. The van der Waals surface area contributed by atoms with Gasteiger partial charge >= 0.3 is 0 Å². The van der Waals surface area contributed by atoms with E-state index in [0.717, 1.165) is 5.69 Å². The van der Waals surface area contributed by atoms with Gasteiger partial charge in [-0.25, -0.2) is 0 Å². The van der Waals surface area contributed by atoms with Crippen molar-refractivity contribution in [3.05, 3.63) is 41.3 Å². The van der Waals surface area contributed by atoms with Crippen molar-refractivity contribution < 1.29 is 19.5 Å². The summed E-state index contributed by atoms with van der Waals surface area (Å²) in [5.74, 6) is -0.273. The molecule has 0 spiro atoms. The van der Waals surface area contributed by atoms with Crippen LogP contribution in [0.3, 0.4) is 0 Å². The molecule has 0 aliphatic rings. The number of benzene rings is 1. The van der Waals surface area contributed by atoms with Crippen molar-refractivity contribution in [2.75, 3.05) is 0 Å². The number of amides is 1. The van der Waals surface area contributed by atoms with Crippen molar-refractivity contribution in [3.8, 4) is 11.5 Å². The number of phenols is 2. The van der Waals surface area contributed by atoms with Gasteiger partial charge < -0.3 is 20.1 Å². The minimum atomic E-state index is -0.502. The van der Waals surface area contributed by atoms with Gasteiger partial charge in [0.25, 0.3) is 5.91 Å². The first-order valence-electron chi connectivity index (χ1n) is 5.28. The first-order chi connectivity index (χ1) is 8.56. The third-order valence-electron chi connectivity index (χ3n) is 2.32. The van der Waals surface area contributed by atoms with Gasteiger partial charge in [0.15, 0.2) is 5.76 Å². The number of carbonyl (C=O) groups excluding carboxylic acids is 1. The van der Waals surface area contributed by atoms with Crippen LogP contribution in [0.1, 0.15) is 21.8 Å². The van der Waals surface area contributed by atoms with E-state index in [4.69, 9.17) is 4.52 Å². The highest BCUT2D eigenvalue weighted by atomic mass is 16.5. The van der Waals surface area contributed by atoms with E-state index in [-0.39, 0.29) is 23.6 Å². The van der Waals surface area contributed by atoms with Gasteiger partial charge in [0.05, 0.1) is 17.8 Å². The van der Waals surface area contributed by atoms with E-state index in [1.165, 1.54) is 18.2 Å². The molecule has 2 rings (SSSR count). The zero-order chi connectivity index (χ0) is 13.1. The number of carbonyl (C=O) groups is 1. The Labute approximate surface area is 103 Å². The van der Waals surface area contributed by atoms with Crippen LogP contribution in [0.15, 0.2) is 28.8 Å². The largest absolute Gasteiger partial charge is 0.508 e. The first-order valence-corrected chi connectivity index (χ1v) is 5.28. The second-order valence-corrected chi connectivity index (χ2v) is 3.82. The summed E-state index contributed by atoms with van der Waals surface area (Å²) in [6.07, 6.45) is 0. The van der Waals surface area contributed by atoms with Crippen molar-refractivity contribution in [1.82, 2.24) is 10.5 Å². The van der Waals surface area contributed by atoms with Gasteiger partial charge in [0, 0.05) is 6.07 Å². The highest BCUT2D eigenvalue weighted by Gasteiger charge is 2.12. The van der Waals surface area contributed by atoms with Crippen LogP contribution < -0.4 is 5.32 Å². The molecule has 2 aromatic rings. The molecule has 0 radical (unpaired) electrons. The lowest BCUT2D eigenvalue weighted by atomic mass is 10.1. The molecule has 0 saturated carbocycles. The summed E-state index contributed by atoms with van der Waals surface area (Å²) in [4.78, 5) is 11.8. The average Bonchev–Trinajstić information content (AvgIpc) is 2.75. The minimum absolute atomic E-state index is 0.00578. The molecule has 0 fully saturated rings. The highest BCUT2D eigenvalue weighted by Crippen LogP contribution is 2.21. The standard InChI is InChI=1S/C12H12N2O4/c1-7-4-9(18-14-7)6-13-12(17)10-5-8(15)2-3-11(10)16/h2-5,15-16H,6H2,1H3,(H,13,17). The summed E-state index contributed by atoms with van der Waals surface area (Å²) in [6.45, 7) is 1.94. The number of aryl methyl sites for hydroxylation is 1. The predicted octanol–water partition coefficient (Wildman–Crippen LogP) is 1.32. The van der Waals surface area contributed by atoms with Gasteiger partial charge in [0.1, 0.15) is 11.5 Å². The number of aromatic hydroxyl groups is 2. The Morgan fingerprint density at radius 3 is 2.83 bits per heavy atom. The van der Waals surface area contributed by atoms with Gasteiger partial charge in [-0.15, -0.1) is 0 Å². The van der Waals surface area contributed by atoms with E-state index in [1.54, 1.807) is 13.0 Å².